The Hall–Kier alpha value is -2.57. The standard InChI is InChI=1S/C12H14N6O/c1-17-6-5-14-9(17)7-18-11-8(15-12(18)13)3-4-10(16-11)19-2/h3-6H,7H2,1-2H3,(H2,13,15). The number of nitrogens with two attached hydrogens (primary N) is 1. The Morgan fingerprint density at radius 2 is 2.16 bits per heavy atom. The second-order valence-corrected chi connectivity index (χ2v) is 4.21. The lowest BCUT2D eigenvalue weighted by Gasteiger charge is -2.06. The molecule has 0 saturated heterocycles. The highest BCUT2D eigenvalue weighted by atomic mass is 16.5. The molecule has 7 heteroatoms. The topological polar surface area (TPSA) is 83.8 Å². The number of methoxy groups -OCH3 is 1. The molecule has 0 fully saturated rings. The zero-order valence-corrected chi connectivity index (χ0v) is 10.7. The van der Waals surface area contributed by atoms with Crippen molar-refractivity contribution in [2.75, 3.05) is 12.8 Å². The summed E-state index contributed by atoms with van der Waals surface area (Å²) >= 11 is 0. The largest absolute Gasteiger partial charge is 0.481 e. The highest BCUT2D eigenvalue weighted by Crippen LogP contribution is 2.20. The van der Waals surface area contributed by atoms with Gasteiger partial charge in [-0.3, -0.25) is 4.57 Å². The van der Waals surface area contributed by atoms with Gasteiger partial charge >= 0.3 is 0 Å². The van der Waals surface area contributed by atoms with E-state index in [9.17, 15) is 0 Å². The van der Waals surface area contributed by atoms with Crippen LogP contribution in [0.1, 0.15) is 5.82 Å². The third-order valence-corrected chi connectivity index (χ3v) is 3.03. The molecule has 19 heavy (non-hydrogen) atoms. The Morgan fingerprint density at radius 3 is 2.84 bits per heavy atom. The van der Waals surface area contributed by atoms with Crippen molar-refractivity contribution in [1.82, 2.24) is 24.1 Å². The fourth-order valence-electron chi connectivity index (χ4n) is 1.96. The number of nitrogen functional groups attached to an aromatic ring is 1. The Kier molecular flexibility index (Phi) is 2.59. The fourth-order valence-corrected chi connectivity index (χ4v) is 1.96. The van der Waals surface area contributed by atoms with Crippen molar-refractivity contribution in [2.45, 2.75) is 6.54 Å². The molecular weight excluding hydrogens is 244 g/mol. The number of aromatic nitrogens is 5. The molecule has 0 aliphatic heterocycles. The first-order valence-corrected chi connectivity index (χ1v) is 5.82. The third-order valence-electron chi connectivity index (χ3n) is 3.03. The summed E-state index contributed by atoms with van der Waals surface area (Å²) in [7, 11) is 3.52. The van der Waals surface area contributed by atoms with Gasteiger partial charge in [-0.2, -0.15) is 4.98 Å². The Bertz CT molecular complexity index is 729. The van der Waals surface area contributed by atoms with Gasteiger partial charge in [0.15, 0.2) is 5.65 Å². The molecule has 0 bridgehead atoms. The Balaban J connectivity index is 2.11. The van der Waals surface area contributed by atoms with Gasteiger partial charge in [0.2, 0.25) is 11.8 Å². The molecule has 2 N–H and O–H groups in total. The van der Waals surface area contributed by atoms with E-state index in [4.69, 9.17) is 10.5 Å². The minimum atomic E-state index is 0.416. The molecule has 0 amide bonds. The second kappa shape index (κ2) is 4.27. The summed E-state index contributed by atoms with van der Waals surface area (Å²) in [6, 6.07) is 3.60. The lowest BCUT2D eigenvalue weighted by atomic mass is 10.4. The van der Waals surface area contributed by atoms with Crippen molar-refractivity contribution in [3.8, 4) is 5.88 Å². The lowest BCUT2D eigenvalue weighted by Crippen LogP contribution is -2.09. The quantitative estimate of drug-likeness (QED) is 0.751. The first-order valence-electron chi connectivity index (χ1n) is 5.82. The molecule has 7 nitrogen and oxygen atoms in total. The van der Waals surface area contributed by atoms with Crippen LogP contribution in [0.2, 0.25) is 0 Å². The Labute approximate surface area is 109 Å². The fraction of sp³-hybridized carbons (Fsp3) is 0.250. The summed E-state index contributed by atoms with van der Waals surface area (Å²) in [6.45, 7) is 0.520. The van der Waals surface area contributed by atoms with Crippen LogP contribution >= 0.6 is 0 Å². The van der Waals surface area contributed by atoms with Crippen LogP contribution in [0.5, 0.6) is 5.88 Å². The van der Waals surface area contributed by atoms with Crippen molar-refractivity contribution < 1.29 is 4.74 Å². The maximum absolute atomic E-state index is 5.95. The number of imidazole rings is 2. The number of anilines is 1. The van der Waals surface area contributed by atoms with Crippen LogP contribution in [0.15, 0.2) is 24.5 Å². The summed E-state index contributed by atoms with van der Waals surface area (Å²) in [4.78, 5) is 13.0. The molecule has 3 rings (SSSR count). The molecule has 0 spiro atoms. The third kappa shape index (κ3) is 1.88. The molecule has 3 aromatic rings. The van der Waals surface area contributed by atoms with Gasteiger partial charge in [0.05, 0.1) is 13.7 Å². The number of hydrogen-bond donors (Lipinski definition) is 1. The van der Waals surface area contributed by atoms with Gasteiger partial charge < -0.3 is 15.0 Å². The smallest absolute Gasteiger partial charge is 0.215 e. The zero-order chi connectivity index (χ0) is 13.4. The maximum Gasteiger partial charge on any atom is 0.215 e. The van der Waals surface area contributed by atoms with Crippen LogP contribution in [0, 0.1) is 0 Å². The molecule has 0 saturated carbocycles. The van der Waals surface area contributed by atoms with E-state index in [1.165, 1.54) is 0 Å². The summed E-state index contributed by atoms with van der Waals surface area (Å²) in [5.74, 6) is 1.84. The molecule has 3 heterocycles. The van der Waals surface area contributed by atoms with Crippen LogP contribution in [-0.4, -0.2) is 31.2 Å². The monoisotopic (exact) mass is 258 g/mol. The molecular formula is C12H14N6O. The maximum atomic E-state index is 5.95. The normalized spacial score (nSPS) is 11.1. The van der Waals surface area contributed by atoms with E-state index >= 15 is 0 Å². The van der Waals surface area contributed by atoms with E-state index in [0.29, 0.717) is 24.0 Å². The number of pyridine rings is 1. The van der Waals surface area contributed by atoms with Crippen LogP contribution in [0.3, 0.4) is 0 Å². The molecule has 0 aliphatic carbocycles. The van der Waals surface area contributed by atoms with Crippen LogP contribution in [0.25, 0.3) is 11.2 Å². The van der Waals surface area contributed by atoms with Crippen molar-refractivity contribution >= 4 is 17.1 Å². The summed E-state index contributed by atoms with van der Waals surface area (Å²) in [5, 5.41) is 0. The zero-order valence-electron chi connectivity index (χ0n) is 10.7. The molecule has 0 aromatic carbocycles. The molecule has 0 radical (unpaired) electrons. The molecule has 0 unspecified atom stereocenters. The number of aryl methyl sites for hydroxylation is 1. The second-order valence-electron chi connectivity index (χ2n) is 4.21. The van der Waals surface area contributed by atoms with E-state index in [2.05, 4.69) is 15.0 Å². The van der Waals surface area contributed by atoms with Gasteiger partial charge in [0.1, 0.15) is 11.3 Å². The lowest BCUT2D eigenvalue weighted by molar-refractivity contribution is 0.399. The summed E-state index contributed by atoms with van der Waals surface area (Å²) in [5.41, 5.74) is 7.38. The van der Waals surface area contributed by atoms with E-state index in [-0.39, 0.29) is 0 Å². The van der Waals surface area contributed by atoms with Crippen molar-refractivity contribution in [3.63, 3.8) is 0 Å². The highest BCUT2D eigenvalue weighted by Gasteiger charge is 2.12. The number of nitrogens with zero attached hydrogens (tertiary/aromatic N) is 5. The van der Waals surface area contributed by atoms with Crippen molar-refractivity contribution in [1.29, 1.82) is 0 Å². The number of rotatable bonds is 3. The molecule has 0 atom stereocenters. The SMILES string of the molecule is COc1ccc2nc(N)n(Cc3nccn3C)c2n1. The van der Waals surface area contributed by atoms with Gasteiger partial charge in [-0.15, -0.1) is 0 Å². The number of hydrogen-bond acceptors (Lipinski definition) is 5. The van der Waals surface area contributed by atoms with Gasteiger partial charge in [-0.1, -0.05) is 0 Å². The Morgan fingerprint density at radius 1 is 1.32 bits per heavy atom. The van der Waals surface area contributed by atoms with E-state index in [1.807, 2.05) is 28.4 Å². The van der Waals surface area contributed by atoms with Gasteiger partial charge in [-0.25, -0.2) is 9.97 Å². The molecule has 3 aromatic heterocycles. The molecule has 0 aliphatic rings. The van der Waals surface area contributed by atoms with Gasteiger partial charge in [0.25, 0.3) is 0 Å². The van der Waals surface area contributed by atoms with E-state index in [1.54, 1.807) is 19.4 Å². The van der Waals surface area contributed by atoms with Crippen LogP contribution < -0.4 is 10.5 Å². The average Bonchev–Trinajstić information content (AvgIpc) is 2.94. The van der Waals surface area contributed by atoms with Crippen molar-refractivity contribution in [2.24, 2.45) is 7.05 Å². The number of ether oxygens (including phenoxy) is 1. The minimum absolute atomic E-state index is 0.416. The highest BCUT2D eigenvalue weighted by molar-refractivity contribution is 5.74. The van der Waals surface area contributed by atoms with Crippen molar-refractivity contribution in [3.05, 3.63) is 30.4 Å². The van der Waals surface area contributed by atoms with Gasteiger partial charge in [-0.05, 0) is 6.07 Å². The molecule has 98 valence electrons. The average molecular weight is 258 g/mol. The first kappa shape index (κ1) is 11.5. The van der Waals surface area contributed by atoms with Gasteiger partial charge in [0, 0.05) is 25.5 Å². The predicted molar refractivity (Wildman–Crippen MR) is 70.8 cm³/mol. The van der Waals surface area contributed by atoms with Crippen LogP contribution in [-0.2, 0) is 13.6 Å². The summed E-state index contributed by atoms with van der Waals surface area (Å²) < 4.78 is 8.89. The van der Waals surface area contributed by atoms with E-state index in [0.717, 1.165) is 11.3 Å². The predicted octanol–water partition coefficient (Wildman–Crippen LogP) is 0.804. The first-order chi connectivity index (χ1) is 9.19. The summed E-state index contributed by atoms with van der Waals surface area (Å²) in [6.07, 6.45) is 3.64. The minimum Gasteiger partial charge on any atom is -0.481 e. The number of fused-ring (bicyclic) bond motifs is 1. The van der Waals surface area contributed by atoms with Crippen LogP contribution in [0.4, 0.5) is 5.95 Å². The van der Waals surface area contributed by atoms with E-state index < -0.39 is 0 Å².